The lowest BCUT2D eigenvalue weighted by atomic mass is 10.0. The first-order chi connectivity index (χ1) is 16.9. The van der Waals surface area contributed by atoms with Crippen molar-refractivity contribution >= 4 is 46.6 Å². The summed E-state index contributed by atoms with van der Waals surface area (Å²) in [6.07, 6.45) is 2.24. The third kappa shape index (κ3) is 7.99. The summed E-state index contributed by atoms with van der Waals surface area (Å²) >= 11 is 18.8. The van der Waals surface area contributed by atoms with E-state index in [9.17, 15) is 9.59 Å². The molecule has 184 valence electrons. The van der Waals surface area contributed by atoms with Crippen molar-refractivity contribution in [1.29, 1.82) is 0 Å². The van der Waals surface area contributed by atoms with Crippen molar-refractivity contribution < 1.29 is 9.59 Å². The van der Waals surface area contributed by atoms with Gasteiger partial charge in [0.25, 0.3) is 0 Å². The molecule has 35 heavy (non-hydrogen) atoms. The van der Waals surface area contributed by atoms with Crippen molar-refractivity contribution in [3.63, 3.8) is 0 Å². The number of nitrogens with one attached hydrogen (secondary N) is 1. The highest BCUT2D eigenvalue weighted by Gasteiger charge is 2.31. The topological polar surface area (TPSA) is 49.4 Å². The van der Waals surface area contributed by atoms with E-state index >= 15 is 0 Å². The van der Waals surface area contributed by atoms with Gasteiger partial charge in [0.1, 0.15) is 6.04 Å². The van der Waals surface area contributed by atoms with E-state index in [1.54, 1.807) is 29.2 Å². The van der Waals surface area contributed by atoms with Gasteiger partial charge in [-0.05, 0) is 41.3 Å². The van der Waals surface area contributed by atoms with Gasteiger partial charge in [0.2, 0.25) is 11.8 Å². The molecule has 0 aromatic heterocycles. The molecule has 1 N–H and O–H groups in total. The maximum Gasteiger partial charge on any atom is 0.243 e. The van der Waals surface area contributed by atoms with E-state index in [0.29, 0.717) is 33.6 Å². The number of unbranched alkanes of at least 4 members (excludes halogenated alkanes) is 1. The molecule has 0 fully saturated rings. The molecule has 3 aromatic rings. The fourth-order valence-corrected chi connectivity index (χ4v) is 4.47. The normalized spacial score (nSPS) is 11.7. The molecule has 0 aliphatic carbocycles. The SMILES string of the molecule is CCCCNC(=O)C(Cc1ccccc1)N(Cc1ccccc1Cl)C(=O)Cc1ccc(Cl)cc1Cl. The summed E-state index contributed by atoms with van der Waals surface area (Å²) in [6, 6.07) is 21.4. The summed E-state index contributed by atoms with van der Waals surface area (Å²) in [6.45, 7) is 2.82. The smallest absolute Gasteiger partial charge is 0.243 e. The highest BCUT2D eigenvalue weighted by atomic mass is 35.5. The fourth-order valence-electron chi connectivity index (χ4n) is 3.80. The predicted octanol–water partition coefficient (Wildman–Crippen LogP) is 6.75. The quantitative estimate of drug-likeness (QED) is 0.278. The second-order valence-corrected chi connectivity index (χ2v) is 9.63. The highest BCUT2D eigenvalue weighted by molar-refractivity contribution is 6.35. The lowest BCUT2D eigenvalue weighted by Crippen LogP contribution is -2.51. The standard InChI is InChI=1S/C28H29Cl3N2O2/c1-2-3-15-32-28(35)26(16-20-9-5-4-6-10-20)33(19-22-11-7-8-12-24(22)30)27(34)17-21-13-14-23(29)18-25(21)31/h4-14,18,26H,2-3,15-17,19H2,1H3,(H,32,35). The molecule has 0 radical (unpaired) electrons. The number of nitrogens with zero attached hydrogens (tertiary/aromatic N) is 1. The van der Waals surface area contributed by atoms with E-state index < -0.39 is 6.04 Å². The molecule has 3 aromatic carbocycles. The highest BCUT2D eigenvalue weighted by Crippen LogP contribution is 2.25. The first-order valence-electron chi connectivity index (χ1n) is 11.7. The van der Waals surface area contributed by atoms with Gasteiger partial charge in [-0.2, -0.15) is 0 Å². The van der Waals surface area contributed by atoms with Gasteiger partial charge in [-0.1, -0.05) is 103 Å². The summed E-state index contributed by atoms with van der Waals surface area (Å²) in [5.74, 6) is -0.411. The zero-order chi connectivity index (χ0) is 25.2. The van der Waals surface area contributed by atoms with E-state index in [1.807, 2.05) is 48.5 Å². The molecule has 1 unspecified atom stereocenters. The van der Waals surface area contributed by atoms with E-state index in [2.05, 4.69) is 12.2 Å². The van der Waals surface area contributed by atoms with E-state index in [0.717, 1.165) is 24.0 Å². The number of benzene rings is 3. The zero-order valence-corrected chi connectivity index (χ0v) is 21.9. The van der Waals surface area contributed by atoms with Crippen LogP contribution in [0.25, 0.3) is 0 Å². The summed E-state index contributed by atoms with van der Waals surface area (Å²) in [7, 11) is 0. The summed E-state index contributed by atoms with van der Waals surface area (Å²) in [4.78, 5) is 28.8. The van der Waals surface area contributed by atoms with Gasteiger partial charge in [0, 0.05) is 34.6 Å². The largest absolute Gasteiger partial charge is 0.354 e. The average molecular weight is 532 g/mol. The Morgan fingerprint density at radius 1 is 0.886 bits per heavy atom. The van der Waals surface area contributed by atoms with Crippen LogP contribution < -0.4 is 5.32 Å². The minimum Gasteiger partial charge on any atom is -0.354 e. The maximum absolute atomic E-state index is 13.7. The molecule has 0 aliphatic heterocycles. The monoisotopic (exact) mass is 530 g/mol. The Bertz CT molecular complexity index is 1140. The van der Waals surface area contributed by atoms with Crippen LogP contribution in [-0.2, 0) is 29.0 Å². The van der Waals surface area contributed by atoms with Crippen molar-refractivity contribution in [2.45, 2.75) is 45.2 Å². The van der Waals surface area contributed by atoms with E-state index in [1.165, 1.54) is 0 Å². The zero-order valence-electron chi connectivity index (χ0n) is 19.6. The van der Waals surface area contributed by atoms with Crippen molar-refractivity contribution in [2.24, 2.45) is 0 Å². The molecule has 0 saturated carbocycles. The number of hydrogen-bond acceptors (Lipinski definition) is 2. The molecule has 0 bridgehead atoms. The van der Waals surface area contributed by atoms with E-state index in [-0.39, 0.29) is 24.8 Å². The molecule has 3 rings (SSSR count). The Balaban J connectivity index is 1.97. The van der Waals surface area contributed by atoms with Gasteiger partial charge >= 0.3 is 0 Å². The third-order valence-corrected chi connectivity index (χ3v) is 6.71. The summed E-state index contributed by atoms with van der Waals surface area (Å²) in [5.41, 5.74) is 2.38. The van der Waals surface area contributed by atoms with Crippen LogP contribution in [0, 0.1) is 0 Å². The van der Waals surface area contributed by atoms with Gasteiger partial charge in [0.05, 0.1) is 6.42 Å². The average Bonchev–Trinajstić information content (AvgIpc) is 2.84. The Morgan fingerprint density at radius 2 is 1.60 bits per heavy atom. The van der Waals surface area contributed by atoms with Crippen LogP contribution >= 0.6 is 34.8 Å². The Labute approximate surface area is 222 Å². The summed E-state index contributed by atoms with van der Waals surface area (Å²) in [5, 5.41) is 4.46. The van der Waals surface area contributed by atoms with Crippen LogP contribution in [0.2, 0.25) is 15.1 Å². The second-order valence-electron chi connectivity index (χ2n) is 8.38. The molecule has 7 heteroatoms. The van der Waals surface area contributed by atoms with Crippen LogP contribution in [0.4, 0.5) is 0 Å². The van der Waals surface area contributed by atoms with Gasteiger partial charge in [-0.25, -0.2) is 0 Å². The van der Waals surface area contributed by atoms with Crippen LogP contribution in [0.15, 0.2) is 72.8 Å². The lowest BCUT2D eigenvalue weighted by molar-refractivity contribution is -0.140. The predicted molar refractivity (Wildman–Crippen MR) is 144 cm³/mol. The first-order valence-corrected chi connectivity index (χ1v) is 12.8. The second kappa shape index (κ2) is 13.5. The molecule has 0 aliphatic rings. The Morgan fingerprint density at radius 3 is 2.29 bits per heavy atom. The molecule has 0 spiro atoms. The van der Waals surface area contributed by atoms with Crippen LogP contribution in [-0.4, -0.2) is 29.3 Å². The first kappa shape index (κ1) is 27.1. The van der Waals surface area contributed by atoms with Crippen molar-refractivity contribution in [2.75, 3.05) is 6.54 Å². The minimum absolute atomic E-state index is 0.0357. The van der Waals surface area contributed by atoms with Gasteiger partial charge in [-0.15, -0.1) is 0 Å². The number of rotatable bonds is 11. The van der Waals surface area contributed by atoms with E-state index in [4.69, 9.17) is 34.8 Å². The Kier molecular flexibility index (Phi) is 10.5. The lowest BCUT2D eigenvalue weighted by Gasteiger charge is -2.32. The van der Waals surface area contributed by atoms with Crippen LogP contribution in [0.1, 0.15) is 36.5 Å². The minimum atomic E-state index is -0.718. The molecule has 0 saturated heterocycles. The van der Waals surface area contributed by atoms with Crippen LogP contribution in [0.5, 0.6) is 0 Å². The molecular formula is C28H29Cl3N2O2. The number of carbonyl (C=O) groups is 2. The molecule has 4 nitrogen and oxygen atoms in total. The number of amides is 2. The van der Waals surface area contributed by atoms with Crippen LogP contribution in [0.3, 0.4) is 0 Å². The van der Waals surface area contributed by atoms with Crippen molar-refractivity contribution in [3.05, 3.63) is 105 Å². The van der Waals surface area contributed by atoms with Gasteiger partial charge in [-0.3, -0.25) is 9.59 Å². The number of halogens is 3. The molecule has 2 amide bonds. The molecular weight excluding hydrogens is 503 g/mol. The maximum atomic E-state index is 13.7. The van der Waals surface area contributed by atoms with Gasteiger partial charge in [0.15, 0.2) is 0 Å². The van der Waals surface area contributed by atoms with Gasteiger partial charge < -0.3 is 10.2 Å². The molecule has 0 heterocycles. The number of hydrogen-bond donors (Lipinski definition) is 1. The fraction of sp³-hybridized carbons (Fsp3) is 0.286. The molecule has 1 atom stereocenters. The summed E-state index contributed by atoms with van der Waals surface area (Å²) < 4.78 is 0. The van der Waals surface area contributed by atoms with Crippen molar-refractivity contribution in [3.8, 4) is 0 Å². The number of carbonyl (C=O) groups excluding carboxylic acids is 2. The third-order valence-electron chi connectivity index (χ3n) is 5.76. The van der Waals surface area contributed by atoms with Crippen molar-refractivity contribution in [1.82, 2.24) is 10.2 Å². The Hall–Kier alpha value is -2.53.